The van der Waals surface area contributed by atoms with Crippen LogP contribution in [0.15, 0.2) is 96.1 Å². The number of fused-ring (bicyclic) bond motifs is 2. The second-order valence-corrected chi connectivity index (χ2v) is 7.87. The quantitative estimate of drug-likeness (QED) is 0.500. The van der Waals surface area contributed by atoms with Crippen molar-refractivity contribution in [1.82, 2.24) is 0 Å². The van der Waals surface area contributed by atoms with Gasteiger partial charge in [-0.05, 0) is 57.7 Å². The summed E-state index contributed by atoms with van der Waals surface area (Å²) < 4.78 is 0. The lowest BCUT2D eigenvalue weighted by molar-refractivity contribution is 0.440. The summed E-state index contributed by atoms with van der Waals surface area (Å²) in [6, 6.07) is 26.7. The minimum Gasteiger partial charge on any atom is -0.0801 e. The lowest BCUT2D eigenvalue weighted by Crippen LogP contribution is -2.34. The summed E-state index contributed by atoms with van der Waals surface area (Å²) in [7, 11) is 0. The lowest BCUT2D eigenvalue weighted by atomic mass is 9.58. The monoisotopic (exact) mass is 336 g/mol. The molecule has 26 heavy (non-hydrogen) atoms. The molecule has 0 heterocycles. The molecule has 0 heteroatoms. The molecule has 128 valence electrons. The van der Waals surface area contributed by atoms with Gasteiger partial charge in [-0.1, -0.05) is 91.9 Å². The normalized spacial score (nSPS) is 24.4. The van der Waals surface area contributed by atoms with E-state index in [4.69, 9.17) is 0 Å². The first kappa shape index (κ1) is 15.6. The molecule has 2 aliphatic rings. The summed E-state index contributed by atoms with van der Waals surface area (Å²) in [5.41, 5.74) is 6.11. The minimum atomic E-state index is 0.536. The molecule has 1 saturated carbocycles. The molecular weight excluding hydrogens is 312 g/mol. The number of rotatable bonds is 3. The first-order chi connectivity index (χ1) is 12.8. The third kappa shape index (κ3) is 2.61. The fourth-order valence-corrected chi connectivity index (χ4v) is 4.76. The first-order valence-electron chi connectivity index (χ1n) is 9.74. The largest absolute Gasteiger partial charge is 0.0801 e. The van der Waals surface area contributed by atoms with Gasteiger partial charge in [0.15, 0.2) is 0 Å². The molecule has 1 fully saturated rings. The van der Waals surface area contributed by atoms with Crippen LogP contribution in [0, 0.1) is 11.8 Å². The highest BCUT2D eigenvalue weighted by Gasteiger charge is 2.42. The molecule has 3 unspecified atom stereocenters. The van der Waals surface area contributed by atoms with Crippen molar-refractivity contribution in [2.75, 3.05) is 0 Å². The van der Waals surface area contributed by atoms with Crippen molar-refractivity contribution < 1.29 is 0 Å². The summed E-state index contributed by atoms with van der Waals surface area (Å²) in [6.07, 6.45) is 7.35. The Labute approximate surface area is 155 Å². The molecule has 3 aromatic carbocycles. The van der Waals surface area contributed by atoms with Crippen molar-refractivity contribution in [3.63, 3.8) is 0 Å². The predicted octanol–water partition coefficient (Wildman–Crippen LogP) is 6.69. The second-order valence-electron chi connectivity index (χ2n) is 7.87. The van der Waals surface area contributed by atoms with Crippen molar-refractivity contribution in [2.45, 2.75) is 25.7 Å². The number of hydrogen-bond acceptors (Lipinski definition) is 0. The van der Waals surface area contributed by atoms with E-state index < -0.39 is 0 Å². The number of hydrogen-bond donors (Lipinski definition) is 0. The van der Waals surface area contributed by atoms with Gasteiger partial charge in [-0.3, -0.25) is 0 Å². The van der Waals surface area contributed by atoms with Gasteiger partial charge in [-0.15, -0.1) is 0 Å². The van der Waals surface area contributed by atoms with Gasteiger partial charge in [0.2, 0.25) is 0 Å². The van der Waals surface area contributed by atoms with E-state index in [0.717, 1.165) is 6.42 Å². The fraction of sp³-hybridized carbons (Fsp3) is 0.231. The van der Waals surface area contributed by atoms with Gasteiger partial charge < -0.3 is 0 Å². The zero-order valence-electron chi connectivity index (χ0n) is 15.2. The van der Waals surface area contributed by atoms with E-state index in [1.54, 1.807) is 11.1 Å². The highest BCUT2D eigenvalue weighted by Crippen LogP contribution is 2.55. The van der Waals surface area contributed by atoms with E-state index in [1.807, 2.05) is 0 Å². The van der Waals surface area contributed by atoms with Crippen LogP contribution in [0.5, 0.6) is 0 Å². The van der Waals surface area contributed by atoms with Crippen LogP contribution in [0.25, 0.3) is 10.8 Å². The molecule has 0 bridgehead atoms. The Bertz CT molecular complexity index is 1010. The standard InChI is InChI=1S/C26H24/c1-18-11-14-23-24(15-18)26(25(23)16-19-7-3-2-4-8-19)22-13-12-20-9-5-6-10-21(20)17-22/h2-10,12-15,17-18,25-26H,11,16H2,1H3. The van der Waals surface area contributed by atoms with Crippen LogP contribution in [0.4, 0.5) is 0 Å². The molecule has 5 rings (SSSR count). The van der Waals surface area contributed by atoms with Gasteiger partial charge in [0.1, 0.15) is 0 Å². The zero-order chi connectivity index (χ0) is 17.5. The fourth-order valence-electron chi connectivity index (χ4n) is 4.76. The molecule has 0 aliphatic heterocycles. The van der Waals surface area contributed by atoms with Crippen LogP contribution in [-0.4, -0.2) is 0 Å². The zero-order valence-corrected chi connectivity index (χ0v) is 15.2. The van der Waals surface area contributed by atoms with Crippen LogP contribution in [0.3, 0.4) is 0 Å². The molecule has 3 atom stereocenters. The molecular formula is C26H24. The molecule has 0 radical (unpaired) electrons. The molecule has 0 N–H and O–H groups in total. The summed E-state index contributed by atoms with van der Waals surface area (Å²) in [5.74, 6) is 1.81. The Balaban J connectivity index is 1.55. The van der Waals surface area contributed by atoms with Crippen molar-refractivity contribution in [3.8, 4) is 0 Å². The third-order valence-electron chi connectivity index (χ3n) is 6.07. The van der Waals surface area contributed by atoms with E-state index in [0.29, 0.717) is 17.8 Å². The molecule has 0 spiro atoms. The molecule has 2 aliphatic carbocycles. The first-order valence-corrected chi connectivity index (χ1v) is 9.74. The Kier molecular flexibility index (Phi) is 3.78. The van der Waals surface area contributed by atoms with E-state index in [-0.39, 0.29) is 0 Å². The summed E-state index contributed by atoms with van der Waals surface area (Å²) in [5, 5.41) is 2.68. The van der Waals surface area contributed by atoms with Crippen LogP contribution < -0.4 is 0 Å². The van der Waals surface area contributed by atoms with E-state index in [1.165, 1.54) is 28.3 Å². The summed E-state index contributed by atoms with van der Waals surface area (Å²) in [6.45, 7) is 2.34. The predicted molar refractivity (Wildman–Crippen MR) is 110 cm³/mol. The Morgan fingerprint density at radius 2 is 1.58 bits per heavy atom. The van der Waals surface area contributed by atoms with Gasteiger partial charge in [0.25, 0.3) is 0 Å². The Morgan fingerprint density at radius 3 is 2.42 bits per heavy atom. The molecule has 0 saturated heterocycles. The highest BCUT2D eigenvalue weighted by atomic mass is 14.5. The van der Waals surface area contributed by atoms with Crippen LogP contribution in [0.1, 0.15) is 30.4 Å². The van der Waals surface area contributed by atoms with Gasteiger partial charge in [0, 0.05) is 5.92 Å². The average Bonchev–Trinajstić information content (AvgIpc) is 2.68. The van der Waals surface area contributed by atoms with E-state index in [2.05, 4.69) is 91.9 Å². The summed E-state index contributed by atoms with van der Waals surface area (Å²) in [4.78, 5) is 0. The van der Waals surface area contributed by atoms with Gasteiger partial charge in [0.05, 0.1) is 0 Å². The Hall–Kier alpha value is -2.60. The smallest absolute Gasteiger partial charge is 0.0161 e. The highest BCUT2D eigenvalue weighted by molar-refractivity contribution is 5.83. The maximum Gasteiger partial charge on any atom is 0.0161 e. The van der Waals surface area contributed by atoms with Crippen molar-refractivity contribution in [2.24, 2.45) is 11.8 Å². The van der Waals surface area contributed by atoms with Crippen LogP contribution in [-0.2, 0) is 6.42 Å². The molecule has 0 nitrogen and oxygen atoms in total. The maximum absolute atomic E-state index is 2.52. The molecule has 0 amide bonds. The topological polar surface area (TPSA) is 0 Å². The Morgan fingerprint density at radius 1 is 0.808 bits per heavy atom. The second kappa shape index (κ2) is 6.29. The van der Waals surface area contributed by atoms with Crippen molar-refractivity contribution in [3.05, 3.63) is 107 Å². The van der Waals surface area contributed by atoms with Crippen LogP contribution >= 0.6 is 0 Å². The lowest BCUT2D eigenvalue weighted by Gasteiger charge is -2.46. The van der Waals surface area contributed by atoms with Gasteiger partial charge in [-0.2, -0.15) is 0 Å². The van der Waals surface area contributed by atoms with Gasteiger partial charge >= 0.3 is 0 Å². The SMILES string of the molecule is CC1C=C2C(=CC1)C(Cc1ccccc1)C2c1ccc2ccccc2c1. The third-order valence-corrected chi connectivity index (χ3v) is 6.07. The number of benzene rings is 3. The molecule has 0 aromatic heterocycles. The van der Waals surface area contributed by atoms with Crippen molar-refractivity contribution in [1.29, 1.82) is 0 Å². The maximum atomic E-state index is 2.52. The van der Waals surface area contributed by atoms with Gasteiger partial charge in [-0.25, -0.2) is 0 Å². The van der Waals surface area contributed by atoms with Crippen molar-refractivity contribution >= 4 is 10.8 Å². The summed E-state index contributed by atoms with van der Waals surface area (Å²) >= 11 is 0. The number of allylic oxidation sites excluding steroid dienone is 4. The minimum absolute atomic E-state index is 0.536. The average molecular weight is 336 g/mol. The van der Waals surface area contributed by atoms with E-state index in [9.17, 15) is 0 Å². The van der Waals surface area contributed by atoms with Crippen LogP contribution in [0.2, 0.25) is 0 Å². The molecule has 3 aromatic rings. The van der Waals surface area contributed by atoms with E-state index >= 15 is 0 Å².